The number of hydrogen-bond acceptors (Lipinski definition) is 3. The number of rotatable bonds is 7. The van der Waals surface area contributed by atoms with Crippen molar-refractivity contribution in [3.8, 4) is 5.75 Å². The summed E-state index contributed by atoms with van der Waals surface area (Å²) >= 11 is 4.88. The number of ether oxygens (including phenoxy) is 1. The van der Waals surface area contributed by atoms with Crippen LogP contribution in [0.25, 0.3) is 0 Å². The predicted molar refractivity (Wildman–Crippen MR) is 79.9 cm³/mol. The van der Waals surface area contributed by atoms with Crippen molar-refractivity contribution in [1.29, 1.82) is 0 Å². The molecule has 0 saturated carbocycles. The van der Waals surface area contributed by atoms with Gasteiger partial charge in [-0.15, -0.1) is 0 Å². The van der Waals surface area contributed by atoms with E-state index >= 15 is 0 Å². The lowest BCUT2D eigenvalue weighted by molar-refractivity contribution is 0.216. The first-order valence-electron chi connectivity index (χ1n) is 6.28. The molecule has 0 radical (unpaired) electrons. The second-order valence-corrected chi connectivity index (χ2v) is 5.26. The van der Waals surface area contributed by atoms with E-state index in [1.165, 1.54) is 13.2 Å². The van der Waals surface area contributed by atoms with Crippen molar-refractivity contribution in [3.63, 3.8) is 0 Å². The van der Waals surface area contributed by atoms with Crippen LogP contribution in [0.5, 0.6) is 5.75 Å². The third-order valence-corrected chi connectivity index (χ3v) is 3.21. The summed E-state index contributed by atoms with van der Waals surface area (Å²) in [5.41, 5.74) is 6.17. The van der Waals surface area contributed by atoms with Crippen molar-refractivity contribution in [1.82, 2.24) is 4.90 Å². The number of nitrogens with zero attached hydrogens (tertiary/aromatic N) is 1. The molecular formula is C14H21FN2OS. The normalized spacial score (nSPS) is 11.1. The molecule has 106 valence electrons. The minimum absolute atomic E-state index is 0.250. The van der Waals surface area contributed by atoms with Crippen LogP contribution in [0, 0.1) is 5.82 Å². The number of hydrogen-bond donors (Lipinski definition) is 1. The first kappa shape index (κ1) is 15.9. The van der Waals surface area contributed by atoms with E-state index in [4.69, 9.17) is 22.7 Å². The van der Waals surface area contributed by atoms with E-state index in [2.05, 4.69) is 18.7 Å². The van der Waals surface area contributed by atoms with Gasteiger partial charge in [-0.05, 0) is 19.9 Å². The molecule has 0 spiro atoms. The molecule has 0 aliphatic heterocycles. The maximum Gasteiger partial charge on any atom is 0.131 e. The van der Waals surface area contributed by atoms with Crippen LogP contribution in [0.15, 0.2) is 18.2 Å². The summed E-state index contributed by atoms with van der Waals surface area (Å²) in [5.74, 6) is 0.279. The van der Waals surface area contributed by atoms with Crippen molar-refractivity contribution in [2.24, 2.45) is 5.73 Å². The van der Waals surface area contributed by atoms with Crippen molar-refractivity contribution in [2.75, 3.05) is 13.7 Å². The van der Waals surface area contributed by atoms with Gasteiger partial charge < -0.3 is 10.5 Å². The number of methoxy groups -OCH3 is 1. The highest BCUT2D eigenvalue weighted by atomic mass is 32.1. The standard InChI is InChI=1S/C14H21FN2OS/c1-10(2)17(7-6-14(16)19)9-11-4-5-12(18-3)8-13(11)15/h4-5,8,10H,6-7,9H2,1-3H3,(H2,16,19). The Morgan fingerprint density at radius 3 is 2.63 bits per heavy atom. The molecule has 0 atom stereocenters. The van der Waals surface area contributed by atoms with Gasteiger partial charge in [-0.2, -0.15) is 0 Å². The lowest BCUT2D eigenvalue weighted by atomic mass is 10.1. The smallest absolute Gasteiger partial charge is 0.131 e. The monoisotopic (exact) mass is 284 g/mol. The summed E-state index contributed by atoms with van der Waals surface area (Å²) < 4.78 is 18.9. The number of thiocarbonyl (C=S) groups is 1. The van der Waals surface area contributed by atoms with Crippen molar-refractivity contribution in [3.05, 3.63) is 29.6 Å². The molecule has 0 fully saturated rings. The Balaban J connectivity index is 2.75. The van der Waals surface area contributed by atoms with Crippen LogP contribution in [0.1, 0.15) is 25.8 Å². The van der Waals surface area contributed by atoms with E-state index < -0.39 is 0 Å². The Hall–Kier alpha value is -1.20. The first-order chi connectivity index (χ1) is 8.93. The zero-order valence-electron chi connectivity index (χ0n) is 11.6. The van der Waals surface area contributed by atoms with Gasteiger partial charge in [0, 0.05) is 37.2 Å². The van der Waals surface area contributed by atoms with Gasteiger partial charge in [0.15, 0.2) is 0 Å². The minimum atomic E-state index is -0.250. The van der Waals surface area contributed by atoms with Crippen LogP contribution < -0.4 is 10.5 Å². The highest BCUT2D eigenvalue weighted by Crippen LogP contribution is 2.18. The van der Waals surface area contributed by atoms with E-state index in [9.17, 15) is 4.39 Å². The minimum Gasteiger partial charge on any atom is -0.497 e. The topological polar surface area (TPSA) is 38.5 Å². The fourth-order valence-corrected chi connectivity index (χ4v) is 1.87. The molecule has 1 rings (SSSR count). The van der Waals surface area contributed by atoms with E-state index in [0.29, 0.717) is 35.3 Å². The first-order valence-corrected chi connectivity index (χ1v) is 6.69. The summed E-state index contributed by atoms with van der Waals surface area (Å²) in [6, 6.07) is 5.23. The zero-order valence-corrected chi connectivity index (χ0v) is 12.5. The van der Waals surface area contributed by atoms with Crippen LogP contribution >= 0.6 is 12.2 Å². The van der Waals surface area contributed by atoms with Gasteiger partial charge in [0.05, 0.1) is 12.1 Å². The van der Waals surface area contributed by atoms with Crippen LogP contribution in [0.4, 0.5) is 4.39 Å². The fraction of sp³-hybridized carbons (Fsp3) is 0.500. The van der Waals surface area contributed by atoms with Gasteiger partial charge in [-0.1, -0.05) is 18.3 Å². The number of benzene rings is 1. The third kappa shape index (κ3) is 5.12. The predicted octanol–water partition coefficient (Wildman–Crippen LogP) is 2.72. The largest absolute Gasteiger partial charge is 0.497 e. The fourth-order valence-electron chi connectivity index (χ4n) is 1.78. The zero-order chi connectivity index (χ0) is 14.4. The molecule has 1 aromatic carbocycles. The second kappa shape index (κ2) is 7.40. The van der Waals surface area contributed by atoms with Crippen LogP contribution in [-0.2, 0) is 6.54 Å². The molecule has 3 nitrogen and oxygen atoms in total. The Bertz CT molecular complexity index is 437. The highest BCUT2D eigenvalue weighted by Gasteiger charge is 2.13. The molecule has 0 unspecified atom stereocenters. The molecular weight excluding hydrogens is 263 g/mol. The van der Waals surface area contributed by atoms with E-state index in [-0.39, 0.29) is 5.82 Å². The van der Waals surface area contributed by atoms with Crippen LogP contribution in [-0.4, -0.2) is 29.6 Å². The third-order valence-electron chi connectivity index (χ3n) is 3.01. The van der Waals surface area contributed by atoms with E-state index in [1.807, 2.05) is 0 Å². The molecule has 0 bridgehead atoms. The summed E-state index contributed by atoms with van der Waals surface area (Å²) in [7, 11) is 1.52. The summed E-state index contributed by atoms with van der Waals surface area (Å²) in [4.78, 5) is 2.63. The molecule has 0 aromatic heterocycles. The second-order valence-electron chi connectivity index (χ2n) is 4.74. The van der Waals surface area contributed by atoms with Gasteiger partial charge in [0.25, 0.3) is 0 Å². The van der Waals surface area contributed by atoms with E-state index in [0.717, 1.165) is 6.54 Å². The molecule has 0 aliphatic carbocycles. The lowest BCUT2D eigenvalue weighted by Crippen LogP contribution is -2.33. The SMILES string of the molecule is COc1ccc(CN(CCC(N)=S)C(C)C)c(F)c1. The molecule has 0 heterocycles. The van der Waals surface area contributed by atoms with Gasteiger partial charge in [0.2, 0.25) is 0 Å². The molecule has 2 N–H and O–H groups in total. The molecule has 0 saturated heterocycles. The maximum atomic E-state index is 13.9. The van der Waals surface area contributed by atoms with Crippen molar-refractivity contribution < 1.29 is 9.13 Å². The molecule has 0 amide bonds. The van der Waals surface area contributed by atoms with Crippen molar-refractivity contribution >= 4 is 17.2 Å². The maximum absolute atomic E-state index is 13.9. The summed E-state index contributed by atoms with van der Waals surface area (Å²) in [6.45, 7) is 5.41. The Labute approximate surface area is 119 Å². The molecule has 5 heteroatoms. The highest BCUT2D eigenvalue weighted by molar-refractivity contribution is 7.80. The Kier molecular flexibility index (Phi) is 6.18. The van der Waals surface area contributed by atoms with Crippen LogP contribution in [0.2, 0.25) is 0 Å². The Morgan fingerprint density at radius 2 is 2.16 bits per heavy atom. The number of halogens is 1. The molecule has 0 aliphatic rings. The Morgan fingerprint density at radius 1 is 1.47 bits per heavy atom. The van der Waals surface area contributed by atoms with Gasteiger partial charge in [-0.3, -0.25) is 4.90 Å². The summed E-state index contributed by atoms with van der Waals surface area (Å²) in [6.07, 6.45) is 0.644. The van der Waals surface area contributed by atoms with Crippen molar-refractivity contribution in [2.45, 2.75) is 32.9 Å². The average Bonchev–Trinajstić information content (AvgIpc) is 2.35. The van der Waals surface area contributed by atoms with E-state index in [1.54, 1.807) is 12.1 Å². The molecule has 19 heavy (non-hydrogen) atoms. The van der Waals surface area contributed by atoms with Gasteiger partial charge in [0.1, 0.15) is 11.6 Å². The van der Waals surface area contributed by atoms with Gasteiger partial charge >= 0.3 is 0 Å². The van der Waals surface area contributed by atoms with Gasteiger partial charge in [-0.25, -0.2) is 4.39 Å². The lowest BCUT2D eigenvalue weighted by Gasteiger charge is -2.26. The summed E-state index contributed by atoms with van der Waals surface area (Å²) in [5, 5.41) is 0. The average molecular weight is 284 g/mol. The van der Waals surface area contributed by atoms with Crippen LogP contribution in [0.3, 0.4) is 0 Å². The quantitative estimate of drug-likeness (QED) is 0.781. The number of nitrogens with two attached hydrogens (primary N) is 1. The molecule has 1 aromatic rings.